The lowest BCUT2D eigenvalue weighted by atomic mass is 9.98. The zero-order valence-corrected chi connectivity index (χ0v) is 26.7. The van der Waals surface area contributed by atoms with Gasteiger partial charge < -0.3 is 20.0 Å². The van der Waals surface area contributed by atoms with Crippen molar-refractivity contribution < 1.29 is 9.53 Å². The van der Waals surface area contributed by atoms with Gasteiger partial charge in [-0.15, -0.1) is 0 Å². The van der Waals surface area contributed by atoms with Gasteiger partial charge in [0.25, 0.3) is 0 Å². The average Bonchev–Trinajstić information content (AvgIpc) is 3.83. The number of nitrogens with zero attached hydrogens (tertiary/aromatic N) is 3. The molecule has 0 radical (unpaired) electrons. The third-order valence-corrected chi connectivity index (χ3v) is 9.16. The molecule has 0 aliphatic carbocycles. The molecule has 4 atom stereocenters. The second-order valence-electron chi connectivity index (χ2n) is 13.7. The molecule has 2 fully saturated rings. The Morgan fingerprint density at radius 2 is 1.36 bits per heavy atom. The lowest BCUT2D eigenvalue weighted by molar-refractivity contribution is 0.0151. The van der Waals surface area contributed by atoms with Gasteiger partial charge in [0.2, 0.25) is 0 Å². The van der Waals surface area contributed by atoms with E-state index in [0.717, 1.165) is 59.0 Å². The molecule has 3 N–H and O–H groups in total. The highest BCUT2D eigenvalue weighted by Crippen LogP contribution is 2.37. The van der Waals surface area contributed by atoms with Crippen LogP contribution in [0.2, 0.25) is 0 Å². The van der Waals surface area contributed by atoms with Crippen LogP contribution in [0.3, 0.4) is 0 Å². The van der Waals surface area contributed by atoms with Gasteiger partial charge in [-0.05, 0) is 99.9 Å². The maximum atomic E-state index is 13.0. The molecule has 3 aromatic carbocycles. The van der Waals surface area contributed by atoms with Gasteiger partial charge in [-0.1, -0.05) is 48.5 Å². The van der Waals surface area contributed by atoms with Crippen LogP contribution in [0.25, 0.3) is 44.4 Å². The van der Waals surface area contributed by atoms with E-state index >= 15 is 0 Å². The summed E-state index contributed by atoms with van der Waals surface area (Å²) in [4.78, 5) is 31.2. The number of carbonyl (C=O) groups is 1. The molecule has 4 heterocycles. The van der Waals surface area contributed by atoms with Gasteiger partial charge in [0.1, 0.15) is 17.2 Å². The van der Waals surface area contributed by atoms with Gasteiger partial charge >= 0.3 is 6.09 Å². The Hall–Kier alpha value is -4.43. The number of benzene rings is 3. The second kappa shape index (κ2) is 11.5. The van der Waals surface area contributed by atoms with Crippen molar-refractivity contribution >= 4 is 16.9 Å². The fourth-order valence-electron chi connectivity index (χ4n) is 6.77. The summed E-state index contributed by atoms with van der Waals surface area (Å²) in [5, 5.41) is 6.00. The van der Waals surface area contributed by atoms with Crippen LogP contribution in [0.15, 0.2) is 73.1 Å². The molecular weight excluding hydrogens is 560 g/mol. The lowest BCUT2D eigenvalue weighted by Crippen LogP contribution is -2.40. The highest BCUT2D eigenvalue weighted by Gasteiger charge is 2.39. The van der Waals surface area contributed by atoms with E-state index in [9.17, 15) is 4.79 Å². The van der Waals surface area contributed by atoms with E-state index in [1.165, 1.54) is 22.8 Å². The van der Waals surface area contributed by atoms with E-state index in [1.54, 1.807) is 0 Å². The molecule has 1 amide bonds. The van der Waals surface area contributed by atoms with Gasteiger partial charge in [0, 0.05) is 17.6 Å². The van der Waals surface area contributed by atoms with Crippen molar-refractivity contribution in [2.45, 2.75) is 90.1 Å². The summed E-state index contributed by atoms with van der Waals surface area (Å²) in [5.74, 6) is 1.82. The first-order valence-corrected chi connectivity index (χ1v) is 16.1. The van der Waals surface area contributed by atoms with Gasteiger partial charge in [-0.2, -0.15) is 0 Å². The smallest absolute Gasteiger partial charge is 0.411 e. The minimum absolute atomic E-state index is 0.104. The normalized spacial score (nSPS) is 21.9. The van der Waals surface area contributed by atoms with Crippen LogP contribution in [-0.4, -0.2) is 48.6 Å². The first-order chi connectivity index (χ1) is 21.6. The number of likely N-dealkylation sites (tertiary alicyclic amines) is 1. The number of imidazole rings is 2. The number of nitrogens with one attached hydrogen (secondary N) is 3. The summed E-state index contributed by atoms with van der Waals surface area (Å²) in [5.41, 5.74) is 5.97. The van der Waals surface area contributed by atoms with Crippen molar-refractivity contribution in [3.63, 3.8) is 0 Å². The van der Waals surface area contributed by atoms with E-state index in [-0.39, 0.29) is 18.2 Å². The largest absolute Gasteiger partial charge is 0.444 e. The molecule has 8 nitrogen and oxygen atoms in total. The maximum Gasteiger partial charge on any atom is 0.411 e. The molecule has 45 heavy (non-hydrogen) atoms. The van der Waals surface area contributed by atoms with Crippen molar-refractivity contribution in [1.29, 1.82) is 0 Å². The average molecular weight is 603 g/mol. The minimum Gasteiger partial charge on any atom is -0.444 e. The fourth-order valence-corrected chi connectivity index (χ4v) is 6.77. The van der Waals surface area contributed by atoms with Gasteiger partial charge in [-0.3, -0.25) is 4.90 Å². The number of carbonyl (C=O) groups excluding carboxylic acids is 1. The molecule has 0 saturated carbocycles. The van der Waals surface area contributed by atoms with Crippen LogP contribution < -0.4 is 5.32 Å². The molecule has 2 aromatic heterocycles. The molecule has 0 unspecified atom stereocenters. The lowest BCUT2D eigenvalue weighted by Gasteiger charge is -2.30. The monoisotopic (exact) mass is 602 g/mol. The quantitative estimate of drug-likeness (QED) is 0.187. The number of rotatable bonds is 5. The van der Waals surface area contributed by atoms with Gasteiger partial charge in [0.05, 0.1) is 35.9 Å². The molecule has 7 rings (SSSR count). The number of H-pyrrole nitrogens is 2. The first-order valence-electron chi connectivity index (χ1n) is 16.1. The number of aromatic amines is 2. The zero-order chi connectivity index (χ0) is 31.3. The summed E-state index contributed by atoms with van der Waals surface area (Å²) in [6, 6.07) is 22.6. The highest BCUT2D eigenvalue weighted by atomic mass is 16.6. The Labute approximate surface area is 264 Å². The van der Waals surface area contributed by atoms with Crippen LogP contribution in [0, 0.1) is 0 Å². The summed E-state index contributed by atoms with van der Waals surface area (Å²) >= 11 is 0. The van der Waals surface area contributed by atoms with Crippen LogP contribution >= 0.6 is 0 Å². The Kier molecular flexibility index (Phi) is 7.48. The van der Waals surface area contributed by atoms with E-state index in [4.69, 9.17) is 9.72 Å². The van der Waals surface area contributed by atoms with E-state index in [0.29, 0.717) is 12.1 Å². The summed E-state index contributed by atoms with van der Waals surface area (Å²) in [6.45, 7) is 9.99. The fraction of sp³-hybridized carbons (Fsp3) is 0.378. The SMILES string of the molecule is C[C@@H]1CC[C@@H](c2ncc(-c3ccc4cc(-c5ccc(-c6cnc([C@@H]7CC[C@@H](C)N7C(=O)OC(C)(C)C)[nH]6)cc5)ccc4c3)[nH]2)N1. The van der Waals surface area contributed by atoms with E-state index in [2.05, 4.69) is 94.8 Å². The number of ether oxygens (including phenoxy) is 1. The Morgan fingerprint density at radius 3 is 2.04 bits per heavy atom. The Morgan fingerprint density at radius 1 is 0.756 bits per heavy atom. The molecule has 8 heteroatoms. The van der Waals surface area contributed by atoms with Crippen LogP contribution in [0.4, 0.5) is 4.79 Å². The van der Waals surface area contributed by atoms with Crippen molar-refractivity contribution in [3.05, 3.63) is 84.7 Å². The van der Waals surface area contributed by atoms with Gasteiger partial charge in [-0.25, -0.2) is 14.8 Å². The topological polar surface area (TPSA) is 98.9 Å². The number of aromatic nitrogens is 4. The molecule has 5 aromatic rings. The van der Waals surface area contributed by atoms with Crippen LogP contribution in [0.1, 0.15) is 84.0 Å². The second-order valence-corrected chi connectivity index (χ2v) is 13.7. The maximum absolute atomic E-state index is 13.0. The molecule has 2 saturated heterocycles. The Bertz CT molecular complexity index is 1830. The number of hydrogen-bond donors (Lipinski definition) is 3. The Balaban J connectivity index is 1.06. The molecule has 232 valence electrons. The predicted octanol–water partition coefficient (Wildman–Crippen LogP) is 8.56. The number of hydrogen-bond acceptors (Lipinski definition) is 5. The number of fused-ring (bicyclic) bond motifs is 1. The molecular formula is C37H42N6O2. The summed E-state index contributed by atoms with van der Waals surface area (Å²) < 4.78 is 5.70. The molecule has 0 bridgehead atoms. The molecule has 2 aliphatic rings. The summed E-state index contributed by atoms with van der Waals surface area (Å²) in [6.07, 6.45) is 7.61. The standard InChI is InChI=1S/C37H42N6O2/c1-22-6-16-30(40-22)34-38-21-32(41-34)29-15-14-27-18-26(12-13-28(27)19-29)24-8-10-25(11-9-24)31-20-39-35(42-31)33-17-7-23(2)43(33)36(44)45-37(3,4)5/h8-15,18-23,30,33,40H,6-7,16-17H2,1-5H3,(H,38,41)(H,39,42)/t22-,23-,30+,33+/m1/s1. The third kappa shape index (κ3) is 5.99. The highest BCUT2D eigenvalue weighted by molar-refractivity contribution is 5.90. The minimum atomic E-state index is -0.538. The zero-order valence-electron chi connectivity index (χ0n) is 26.7. The number of amides is 1. The van der Waals surface area contributed by atoms with Crippen molar-refractivity contribution in [1.82, 2.24) is 30.2 Å². The van der Waals surface area contributed by atoms with Gasteiger partial charge in [0.15, 0.2) is 0 Å². The van der Waals surface area contributed by atoms with Crippen LogP contribution in [-0.2, 0) is 4.74 Å². The third-order valence-electron chi connectivity index (χ3n) is 9.16. The van der Waals surface area contributed by atoms with E-state index in [1.807, 2.05) is 38.1 Å². The molecule has 2 aliphatic heterocycles. The van der Waals surface area contributed by atoms with Crippen molar-refractivity contribution in [3.8, 4) is 33.6 Å². The first kappa shape index (κ1) is 29.3. The van der Waals surface area contributed by atoms with E-state index < -0.39 is 5.60 Å². The van der Waals surface area contributed by atoms with Crippen molar-refractivity contribution in [2.75, 3.05) is 0 Å². The molecule has 0 spiro atoms. The van der Waals surface area contributed by atoms with Crippen molar-refractivity contribution in [2.24, 2.45) is 0 Å². The summed E-state index contributed by atoms with van der Waals surface area (Å²) in [7, 11) is 0. The predicted molar refractivity (Wildman–Crippen MR) is 179 cm³/mol. The van der Waals surface area contributed by atoms with Crippen LogP contribution in [0.5, 0.6) is 0 Å².